The molecule has 0 saturated carbocycles. The Labute approximate surface area is 59.5 Å². The number of rotatable bonds is 0. The van der Waals surface area contributed by atoms with Gasteiger partial charge >= 0.3 is 0 Å². The van der Waals surface area contributed by atoms with E-state index in [-0.39, 0.29) is 0 Å². The second-order valence-corrected chi connectivity index (χ2v) is 3.21. The first-order valence-corrected chi connectivity index (χ1v) is 4.01. The molecule has 3 heteroatoms. The van der Waals surface area contributed by atoms with Gasteiger partial charge in [0.05, 0.1) is 0 Å². The third-order valence-electron chi connectivity index (χ3n) is 1.37. The van der Waals surface area contributed by atoms with Crippen molar-refractivity contribution < 1.29 is 5.11 Å². The standard InChI is InChI=1S/C6H11NOS/c1-7-3-2-4-9-6(7)5-8/h5,8H,2-4H2,1H3. The molecular formula is C6H11NOS. The van der Waals surface area contributed by atoms with Gasteiger partial charge in [-0.1, -0.05) is 0 Å². The van der Waals surface area contributed by atoms with Crippen LogP contribution in [0.15, 0.2) is 11.3 Å². The molecule has 1 N–H and O–H groups in total. The van der Waals surface area contributed by atoms with Crippen LogP contribution in [0.2, 0.25) is 0 Å². The van der Waals surface area contributed by atoms with Gasteiger partial charge in [0.2, 0.25) is 0 Å². The van der Waals surface area contributed by atoms with E-state index in [0.29, 0.717) is 0 Å². The minimum Gasteiger partial charge on any atom is -0.513 e. The van der Waals surface area contributed by atoms with Crippen LogP contribution >= 0.6 is 11.8 Å². The molecule has 1 aliphatic heterocycles. The van der Waals surface area contributed by atoms with E-state index in [4.69, 9.17) is 5.11 Å². The van der Waals surface area contributed by atoms with Gasteiger partial charge in [0.1, 0.15) is 11.3 Å². The highest BCUT2D eigenvalue weighted by atomic mass is 32.2. The summed E-state index contributed by atoms with van der Waals surface area (Å²) in [4.78, 5) is 2.06. The van der Waals surface area contributed by atoms with Gasteiger partial charge < -0.3 is 10.0 Å². The van der Waals surface area contributed by atoms with E-state index in [1.165, 1.54) is 12.7 Å². The van der Waals surface area contributed by atoms with Crippen LogP contribution in [0.25, 0.3) is 0 Å². The van der Waals surface area contributed by atoms with E-state index in [1.54, 1.807) is 11.8 Å². The molecular weight excluding hydrogens is 134 g/mol. The van der Waals surface area contributed by atoms with Gasteiger partial charge in [0.15, 0.2) is 0 Å². The minimum absolute atomic E-state index is 0.987. The molecule has 0 bridgehead atoms. The second-order valence-electron chi connectivity index (χ2n) is 2.09. The number of aliphatic hydroxyl groups is 1. The van der Waals surface area contributed by atoms with Crippen LogP contribution in [0.4, 0.5) is 0 Å². The van der Waals surface area contributed by atoms with Crippen molar-refractivity contribution in [1.29, 1.82) is 0 Å². The summed E-state index contributed by atoms with van der Waals surface area (Å²) in [5.41, 5.74) is 0. The highest BCUT2D eigenvalue weighted by Gasteiger charge is 2.09. The van der Waals surface area contributed by atoms with E-state index in [1.807, 2.05) is 7.05 Å². The Balaban J connectivity index is 2.49. The zero-order valence-corrected chi connectivity index (χ0v) is 6.32. The Kier molecular flexibility index (Phi) is 2.28. The monoisotopic (exact) mass is 145 g/mol. The van der Waals surface area contributed by atoms with Crippen LogP contribution in [0.5, 0.6) is 0 Å². The quantitative estimate of drug-likeness (QED) is 0.521. The molecule has 1 heterocycles. The average Bonchev–Trinajstić information content (AvgIpc) is 1.89. The lowest BCUT2D eigenvalue weighted by atomic mass is 10.4. The smallest absolute Gasteiger partial charge is 0.109 e. The number of thioether (sulfide) groups is 1. The van der Waals surface area contributed by atoms with E-state index >= 15 is 0 Å². The van der Waals surface area contributed by atoms with Crippen LogP contribution in [-0.2, 0) is 0 Å². The van der Waals surface area contributed by atoms with Crippen molar-refractivity contribution in [3.63, 3.8) is 0 Å². The largest absolute Gasteiger partial charge is 0.513 e. The Hall–Kier alpha value is -0.310. The molecule has 0 aromatic heterocycles. The first-order chi connectivity index (χ1) is 4.34. The maximum Gasteiger partial charge on any atom is 0.109 e. The molecule has 1 rings (SSSR count). The normalized spacial score (nSPS) is 25.0. The molecule has 0 aromatic rings. The Morgan fingerprint density at radius 3 is 3.00 bits per heavy atom. The first kappa shape index (κ1) is 6.81. The average molecular weight is 145 g/mol. The summed E-state index contributed by atoms with van der Waals surface area (Å²) in [6, 6.07) is 0. The summed E-state index contributed by atoms with van der Waals surface area (Å²) in [5, 5.41) is 9.62. The lowest BCUT2D eigenvalue weighted by molar-refractivity contribution is 0.397. The molecule has 0 spiro atoms. The number of hydrogen-bond acceptors (Lipinski definition) is 3. The Morgan fingerprint density at radius 2 is 2.56 bits per heavy atom. The first-order valence-electron chi connectivity index (χ1n) is 3.03. The van der Waals surface area contributed by atoms with Crippen LogP contribution in [0.3, 0.4) is 0 Å². The molecule has 0 atom stereocenters. The molecule has 1 saturated heterocycles. The summed E-state index contributed by atoms with van der Waals surface area (Å²) >= 11 is 1.71. The van der Waals surface area contributed by atoms with Crippen LogP contribution in [0, 0.1) is 0 Å². The number of aliphatic hydroxyl groups excluding tert-OH is 1. The molecule has 9 heavy (non-hydrogen) atoms. The maximum atomic E-state index is 8.64. The molecule has 1 aliphatic rings. The minimum atomic E-state index is 0.987. The Morgan fingerprint density at radius 1 is 1.78 bits per heavy atom. The van der Waals surface area contributed by atoms with Crippen molar-refractivity contribution in [3.05, 3.63) is 11.3 Å². The van der Waals surface area contributed by atoms with Crippen molar-refractivity contribution in [2.24, 2.45) is 0 Å². The fourth-order valence-electron chi connectivity index (χ4n) is 0.835. The molecule has 0 radical (unpaired) electrons. The van der Waals surface area contributed by atoms with E-state index < -0.39 is 0 Å². The zero-order chi connectivity index (χ0) is 6.69. The van der Waals surface area contributed by atoms with Crippen LogP contribution in [-0.4, -0.2) is 29.4 Å². The lowest BCUT2D eigenvalue weighted by Gasteiger charge is -2.25. The molecule has 0 unspecified atom stereocenters. The predicted octanol–water partition coefficient (Wildman–Crippen LogP) is 1.41. The Bertz CT molecular complexity index is 124. The molecule has 2 nitrogen and oxygen atoms in total. The van der Waals surface area contributed by atoms with E-state index in [9.17, 15) is 0 Å². The van der Waals surface area contributed by atoms with Crippen molar-refractivity contribution in [1.82, 2.24) is 4.90 Å². The maximum absolute atomic E-state index is 8.64. The van der Waals surface area contributed by atoms with Gasteiger partial charge in [-0.2, -0.15) is 0 Å². The topological polar surface area (TPSA) is 23.5 Å². The van der Waals surface area contributed by atoms with E-state index in [2.05, 4.69) is 4.90 Å². The van der Waals surface area contributed by atoms with Crippen molar-refractivity contribution in [2.45, 2.75) is 6.42 Å². The molecule has 1 fully saturated rings. The lowest BCUT2D eigenvalue weighted by Crippen LogP contribution is -2.22. The highest BCUT2D eigenvalue weighted by Crippen LogP contribution is 2.23. The summed E-state index contributed by atoms with van der Waals surface area (Å²) < 4.78 is 0. The predicted molar refractivity (Wildman–Crippen MR) is 40.4 cm³/mol. The highest BCUT2D eigenvalue weighted by molar-refractivity contribution is 8.03. The SMILES string of the molecule is CN1CCCSC1=CO. The van der Waals surface area contributed by atoms with Crippen molar-refractivity contribution in [3.8, 4) is 0 Å². The fraction of sp³-hybridized carbons (Fsp3) is 0.667. The van der Waals surface area contributed by atoms with Gasteiger partial charge in [0.25, 0.3) is 0 Å². The number of hydrogen-bond donors (Lipinski definition) is 1. The fourth-order valence-corrected chi connectivity index (χ4v) is 1.70. The second kappa shape index (κ2) is 3.01. The van der Waals surface area contributed by atoms with Crippen molar-refractivity contribution in [2.75, 3.05) is 19.3 Å². The molecule has 0 aliphatic carbocycles. The van der Waals surface area contributed by atoms with Gasteiger partial charge in [-0.3, -0.25) is 0 Å². The van der Waals surface area contributed by atoms with Gasteiger partial charge in [-0.05, 0) is 6.42 Å². The molecule has 0 amide bonds. The van der Waals surface area contributed by atoms with Crippen molar-refractivity contribution >= 4 is 11.8 Å². The summed E-state index contributed by atoms with van der Waals surface area (Å²) in [6.07, 6.45) is 2.41. The van der Waals surface area contributed by atoms with Crippen LogP contribution < -0.4 is 0 Å². The molecule has 0 aromatic carbocycles. The summed E-state index contributed by atoms with van der Waals surface area (Å²) in [7, 11) is 1.99. The van der Waals surface area contributed by atoms with Gasteiger partial charge in [-0.15, -0.1) is 11.8 Å². The van der Waals surface area contributed by atoms with Crippen LogP contribution in [0.1, 0.15) is 6.42 Å². The summed E-state index contributed by atoms with van der Waals surface area (Å²) in [6.45, 7) is 1.07. The number of nitrogens with zero attached hydrogens (tertiary/aromatic N) is 1. The van der Waals surface area contributed by atoms with Gasteiger partial charge in [0, 0.05) is 19.3 Å². The van der Waals surface area contributed by atoms with E-state index in [0.717, 1.165) is 17.3 Å². The molecule has 52 valence electrons. The third kappa shape index (κ3) is 1.55. The zero-order valence-electron chi connectivity index (χ0n) is 5.50. The summed E-state index contributed by atoms with van der Waals surface area (Å²) in [5.74, 6) is 1.14. The van der Waals surface area contributed by atoms with Gasteiger partial charge in [-0.25, -0.2) is 0 Å². The third-order valence-corrected chi connectivity index (χ3v) is 2.58.